The topological polar surface area (TPSA) is 84.7 Å². The van der Waals surface area contributed by atoms with Crippen LogP contribution in [-0.2, 0) is 9.53 Å². The van der Waals surface area contributed by atoms with Crippen molar-refractivity contribution >= 4 is 11.9 Å². The van der Waals surface area contributed by atoms with Gasteiger partial charge in [-0.1, -0.05) is 12.1 Å². The lowest BCUT2D eigenvalue weighted by atomic mass is 10.2. The molecule has 0 aliphatic carbocycles. The van der Waals surface area contributed by atoms with Crippen LogP contribution in [0.1, 0.15) is 16.1 Å². The fraction of sp³-hybridized carbons (Fsp3) is 0.312. The van der Waals surface area contributed by atoms with Gasteiger partial charge in [-0.25, -0.2) is 13.9 Å². The predicted octanol–water partition coefficient (Wildman–Crippen LogP) is 1.25. The molecule has 0 unspecified atom stereocenters. The maximum absolute atomic E-state index is 13.9. The van der Waals surface area contributed by atoms with Crippen molar-refractivity contribution in [3.8, 4) is 5.69 Å². The van der Waals surface area contributed by atoms with Gasteiger partial charge in [0, 0.05) is 6.54 Å². The molecule has 1 amide bonds. The second-order valence-electron chi connectivity index (χ2n) is 5.46. The minimum absolute atomic E-state index is 0.0293. The number of aromatic nitrogens is 2. The molecule has 1 atom stereocenters. The van der Waals surface area contributed by atoms with Crippen LogP contribution in [0.5, 0.6) is 0 Å². The zero-order valence-corrected chi connectivity index (χ0v) is 13.0. The second kappa shape index (κ2) is 6.40. The van der Waals surface area contributed by atoms with E-state index in [4.69, 9.17) is 9.84 Å². The van der Waals surface area contributed by atoms with E-state index in [2.05, 4.69) is 5.10 Å². The molecule has 1 aliphatic rings. The van der Waals surface area contributed by atoms with E-state index in [1.54, 1.807) is 25.1 Å². The number of para-hydroxylation sites is 1. The van der Waals surface area contributed by atoms with Crippen LogP contribution >= 0.6 is 0 Å². The number of rotatable bonds is 3. The van der Waals surface area contributed by atoms with Crippen LogP contribution in [0, 0.1) is 12.7 Å². The Hall–Kier alpha value is -2.74. The van der Waals surface area contributed by atoms with Gasteiger partial charge in [0.15, 0.2) is 6.10 Å². The minimum Gasteiger partial charge on any atom is -0.479 e. The Kier molecular flexibility index (Phi) is 4.30. The number of morpholine rings is 1. The third-order valence-electron chi connectivity index (χ3n) is 3.95. The van der Waals surface area contributed by atoms with Gasteiger partial charge in [0.05, 0.1) is 30.6 Å². The SMILES string of the molecule is Cc1c(C(=O)N2CCO[C@H](C(=O)O)C2)cnn1-c1ccccc1F. The molecule has 2 aromatic rings. The number of carboxylic acids is 1. The fourth-order valence-electron chi connectivity index (χ4n) is 2.64. The standard InChI is InChI=1S/C16H16FN3O4/c1-10-11(8-18-20(10)13-5-3-2-4-12(13)17)15(21)19-6-7-24-14(9-19)16(22)23/h2-5,8,14H,6-7,9H2,1H3,(H,22,23)/t14-/m0/s1. The molecule has 1 saturated heterocycles. The summed E-state index contributed by atoms with van der Waals surface area (Å²) in [6, 6.07) is 6.14. The largest absolute Gasteiger partial charge is 0.479 e. The van der Waals surface area contributed by atoms with Crippen molar-refractivity contribution < 1.29 is 23.8 Å². The van der Waals surface area contributed by atoms with Crippen molar-refractivity contribution in [2.75, 3.05) is 19.7 Å². The Bertz CT molecular complexity index is 789. The number of ether oxygens (including phenoxy) is 1. The van der Waals surface area contributed by atoms with Gasteiger partial charge in [-0.05, 0) is 19.1 Å². The molecule has 0 radical (unpaired) electrons. The highest BCUT2D eigenvalue weighted by Crippen LogP contribution is 2.19. The van der Waals surface area contributed by atoms with Gasteiger partial charge < -0.3 is 14.7 Å². The molecule has 126 valence electrons. The van der Waals surface area contributed by atoms with E-state index in [9.17, 15) is 14.0 Å². The third-order valence-corrected chi connectivity index (χ3v) is 3.95. The Balaban J connectivity index is 1.87. The lowest BCUT2D eigenvalue weighted by Crippen LogP contribution is -2.48. The van der Waals surface area contributed by atoms with Crippen LogP contribution in [0.3, 0.4) is 0 Å². The average Bonchev–Trinajstić information content (AvgIpc) is 2.96. The first-order valence-electron chi connectivity index (χ1n) is 7.42. The van der Waals surface area contributed by atoms with Gasteiger partial charge >= 0.3 is 5.97 Å². The number of halogens is 1. The van der Waals surface area contributed by atoms with Crippen molar-refractivity contribution in [3.05, 3.63) is 47.5 Å². The van der Waals surface area contributed by atoms with E-state index in [1.165, 1.54) is 21.8 Å². The first-order chi connectivity index (χ1) is 11.5. The number of benzene rings is 1. The summed E-state index contributed by atoms with van der Waals surface area (Å²) in [5.74, 6) is -1.89. The molecule has 1 aromatic heterocycles. The second-order valence-corrected chi connectivity index (χ2v) is 5.46. The highest BCUT2D eigenvalue weighted by atomic mass is 19.1. The molecule has 0 bridgehead atoms. The van der Waals surface area contributed by atoms with E-state index in [0.717, 1.165) is 0 Å². The Morgan fingerprint density at radius 1 is 1.38 bits per heavy atom. The molecule has 3 rings (SSSR count). The number of amides is 1. The van der Waals surface area contributed by atoms with Gasteiger partial charge in [-0.15, -0.1) is 0 Å². The molecular weight excluding hydrogens is 317 g/mol. The summed E-state index contributed by atoms with van der Waals surface area (Å²) in [5, 5.41) is 13.1. The molecule has 8 heteroatoms. The van der Waals surface area contributed by atoms with E-state index in [1.807, 2.05) is 0 Å². The monoisotopic (exact) mass is 333 g/mol. The van der Waals surface area contributed by atoms with E-state index in [0.29, 0.717) is 17.8 Å². The molecule has 1 N–H and O–H groups in total. The number of nitrogens with zero attached hydrogens (tertiary/aromatic N) is 3. The fourth-order valence-corrected chi connectivity index (χ4v) is 2.64. The van der Waals surface area contributed by atoms with Crippen molar-refractivity contribution in [3.63, 3.8) is 0 Å². The smallest absolute Gasteiger partial charge is 0.334 e. The van der Waals surface area contributed by atoms with Crippen LogP contribution in [-0.4, -0.2) is 57.5 Å². The number of carbonyl (C=O) groups excluding carboxylic acids is 1. The highest BCUT2D eigenvalue weighted by Gasteiger charge is 2.31. The summed E-state index contributed by atoms with van der Waals surface area (Å²) in [7, 11) is 0. The van der Waals surface area contributed by atoms with Crippen LogP contribution in [0.15, 0.2) is 30.5 Å². The molecule has 0 spiro atoms. The summed E-state index contributed by atoms with van der Waals surface area (Å²) in [6.07, 6.45) is 0.333. The molecular formula is C16H16FN3O4. The predicted molar refractivity (Wildman–Crippen MR) is 81.5 cm³/mol. The zero-order valence-electron chi connectivity index (χ0n) is 13.0. The molecule has 0 saturated carbocycles. The number of carboxylic acid groups (broad SMARTS) is 1. The van der Waals surface area contributed by atoms with Crippen LogP contribution in [0.2, 0.25) is 0 Å². The Morgan fingerprint density at radius 3 is 2.83 bits per heavy atom. The quantitative estimate of drug-likeness (QED) is 0.914. The summed E-state index contributed by atoms with van der Waals surface area (Å²) in [4.78, 5) is 25.1. The minimum atomic E-state index is -1.11. The van der Waals surface area contributed by atoms with Crippen molar-refractivity contribution in [2.24, 2.45) is 0 Å². The molecule has 7 nitrogen and oxygen atoms in total. The highest BCUT2D eigenvalue weighted by molar-refractivity contribution is 5.95. The first-order valence-corrected chi connectivity index (χ1v) is 7.42. The average molecular weight is 333 g/mol. The van der Waals surface area contributed by atoms with Crippen LogP contribution in [0.4, 0.5) is 4.39 Å². The number of carbonyl (C=O) groups is 2. The number of hydrogen-bond donors (Lipinski definition) is 1. The molecule has 24 heavy (non-hydrogen) atoms. The van der Waals surface area contributed by atoms with Gasteiger partial charge in [0.1, 0.15) is 11.5 Å². The van der Waals surface area contributed by atoms with E-state index in [-0.39, 0.29) is 24.7 Å². The van der Waals surface area contributed by atoms with E-state index < -0.39 is 17.9 Å². The van der Waals surface area contributed by atoms with E-state index >= 15 is 0 Å². The lowest BCUT2D eigenvalue weighted by molar-refractivity contribution is -0.154. The Labute approximate surface area is 137 Å². The Morgan fingerprint density at radius 2 is 2.12 bits per heavy atom. The van der Waals surface area contributed by atoms with Crippen LogP contribution in [0.25, 0.3) is 5.69 Å². The molecule has 1 fully saturated rings. The third kappa shape index (κ3) is 2.88. The summed E-state index contributed by atoms with van der Waals surface area (Å²) in [5.41, 5.74) is 1.05. The van der Waals surface area contributed by atoms with Crippen LogP contribution < -0.4 is 0 Å². The van der Waals surface area contributed by atoms with Crippen molar-refractivity contribution in [1.82, 2.24) is 14.7 Å². The van der Waals surface area contributed by atoms with Gasteiger partial charge in [0.2, 0.25) is 0 Å². The van der Waals surface area contributed by atoms with Gasteiger partial charge in [-0.2, -0.15) is 5.10 Å². The summed E-state index contributed by atoms with van der Waals surface area (Å²) < 4.78 is 20.4. The first kappa shape index (κ1) is 16.1. The normalized spacial score (nSPS) is 17.8. The zero-order chi connectivity index (χ0) is 17.3. The lowest BCUT2D eigenvalue weighted by Gasteiger charge is -2.30. The maximum atomic E-state index is 13.9. The van der Waals surface area contributed by atoms with Gasteiger partial charge in [-0.3, -0.25) is 4.79 Å². The van der Waals surface area contributed by atoms with Crippen molar-refractivity contribution in [1.29, 1.82) is 0 Å². The number of hydrogen-bond acceptors (Lipinski definition) is 4. The number of aliphatic carboxylic acids is 1. The van der Waals surface area contributed by atoms with Gasteiger partial charge in [0.25, 0.3) is 5.91 Å². The molecule has 2 heterocycles. The molecule has 1 aromatic carbocycles. The maximum Gasteiger partial charge on any atom is 0.334 e. The summed E-state index contributed by atoms with van der Waals surface area (Å²) in [6.45, 7) is 2.09. The summed E-state index contributed by atoms with van der Waals surface area (Å²) >= 11 is 0. The molecule has 1 aliphatic heterocycles. The van der Waals surface area contributed by atoms with Crippen molar-refractivity contribution in [2.45, 2.75) is 13.0 Å².